The van der Waals surface area contributed by atoms with Crippen molar-refractivity contribution in [2.45, 2.75) is 45.3 Å². The molecule has 2 aliphatic heterocycles. The minimum Gasteiger partial charge on any atom is -0.337 e. The van der Waals surface area contributed by atoms with Crippen molar-refractivity contribution >= 4 is 17.2 Å². The molecule has 4 heterocycles. The highest BCUT2D eigenvalue weighted by molar-refractivity contribution is 7.10. The third-order valence-electron chi connectivity index (χ3n) is 6.12. The molecular formula is C22H30N4OS. The zero-order valence-electron chi connectivity index (χ0n) is 17.1. The topological polar surface area (TPSA) is 39.7 Å². The molecule has 6 heteroatoms. The molecule has 1 atom stereocenters. The van der Waals surface area contributed by atoms with Gasteiger partial charge < -0.3 is 9.80 Å². The Morgan fingerprint density at radius 2 is 2.18 bits per heavy atom. The zero-order chi connectivity index (χ0) is 19.7. The quantitative estimate of drug-likeness (QED) is 0.776. The molecule has 0 bridgehead atoms. The number of carbonyl (C=O) groups is 1. The lowest BCUT2D eigenvalue weighted by molar-refractivity contribution is 0.0781. The highest BCUT2D eigenvalue weighted by Gasteiger charge is 2.31. The van der Waals surface area contributed by atoms with Crippen molar-refractivity contribution < 1.29 is 4.79 Å². The lowest BCUT2D eigenvalue weighted by atomic mass is 10.0. The van der Waals surface area contributed by atoms with Gasteiger partial charge in [0, 0.05) is 55.2 Å². The van der Waals surface area contributed by atoms with Gasteiger partial charge in [0.15, 0.2) is 0 Å². The molecule has 0 spiro atoms. The summed E-state index contributed by atoms with van der Waals surface area (Å²) in [6, 6.07) is 4.81. The van der Waals surface area contributed by atoms with Crippen LogP contribution >= 0.6 is 11.3 Å². The SMILES string of the molecule is CCc1ccc(CN2CCc3c(C(=O)N4CC[C@@H](N(C)C)C4)csc3C2)nc1. The average Bonchev–Trinajstić information content (AvgIpc) is 3.35. The Morgan fingerprint density at radius 1 is 1.32 bits per heavy atom. The number of carbonyl (C=O) groups excluding carboxylic acids is 1. The Morgan fingerprint density at radius 3 is 2.86 bits per heavy atom. The van der Waals surface area contributed by atoms with Crippen LogP contribution in [0.4, 0.5) is 0 Å². The van der Waals surface area contributed by atoms with E-state index in [1.165, 1.54) is 16.0 Å². The van der Waals surface area contributed by atoms with Gasteiger partial charge in [0.2, 0.25) is 0 Å². The molecule has 0 saturated carbocycles. The number of rotatable bonds is 5. The van der Waals surface area contributed by atoms with E-state index in [0.717, 1.165) is 63.2 Å². The van der Waals surface area contributed by atoms with Gasteiger partial charge in [-0.3, -0.25) is 14.7 Å². The Bertz CT molecular complexity index is 830. The molecule has 1 fully saturated rings. The van der Waals surface area contributed by atoms with Gasteiger partial charge in [-0.1, -0.05) is 13.0 Å². The summed E-state index contributed by atoms with van der Waals surface area (Å²) in [7, 11) is 4.20. The predicted molar refractivity (Wildman–Crippen MR) is 114 cm³/mol. The van der Waals surface area contributed by atoms with E-state index in [-0.39, 0.29) is 5.91 Å². The van der Waals surface area contributed by atoms with Gasteiger partial charge in [0.05, 0.1) is 11.3 Å². The van der Waals surface area contributed by atoms with E-state index in [2.05, 4.69) is 53.3 Å². The average molecular weight is 399 g/mol. The molecule has 1 saturated heterocycles. The van der Waals surface area contributed by atoms with Crippen LogP contribution in [0.1, 0.15) is 45.4 Å². The smallest absolute Gasteiger partial charge is 0.255 e. The van der Waals surface area contributed by atoms with Crippen LogP contribution in [0.5, 0.6) is 0 Å². The van der Waals surface area contributed by atoms with Gasteiger partial charge in [-0.05, 0) is 50.6 Å². The molecule has 1 amide bonds. The van der Waals surface area contributed by atoms with E-state index in [9.17, 15) is 4.79 Å². The fourth-order valence-corrected chi connectivity index (χ4v) is 5.32. The summed E-state index contributed by atoms with van der Waals surface area (Å²) in [5.74, 6) is 0.229. The fourth-order valence-electron chi connectivity index (χ4n) is 4.20. The van der Waals surface area contributed by atoms with Crippen molar-refractivity contribution in [3.8, 4) is 0 Å². The number of hydrogen-bond donors (Lipinski definition) is 0. The molecule has 0 unspecified atom stereocenters. The summed E-state index contributed by atoms with van der Waals surface area (Å²) in [6.07, 6.45) is 5.04. The maximum atomic E-state index is 13.1. The molecule has 2 aromatic heterocycles. The van der Waals surface area contributed by atoms with Crippen molar-refractivity contribution in [1.82, 2.24) is 19.7 Å². The molecule has 5 nitrogen and oxygen atoms in total. The minimum atomic E-state index is 0.229. The summed E-state index contributed by atoms with van der Waals surface area (Å²) in [5.41, 5.74) is 4.64. The Labute approximate surface area is 172 Å². The van der Waals surface area contributed by atoms with Crippen LogP contribution in [0, 0.1) is 0 Å². The molecule has 0 N–H and O–H groups in total. The zero-order valence-corrected chi connectivity index (χ0v) is 18.0. The van der Waals surface area contributed by atoms with Crippen LogP contribution in [0.2, 0.25) is 0 Å². The van der Waals surface area contributed by atoms with Gasteiger partial charge >= 0.3 is 0 Å². The summed E-state index contributed by atoms with van der Waals surface area (Å²) < 4.78 is 0. The first-order chi connectivity index (χ1) is 13.5. The normalized spacial score (nSPS) is 20.0. The highest BCUT2D eigenvalue weighted by Crippen LogP contribution is 2.31. The fraction of sp³-hybridized carbons (Fsp3) is 0.545. The Hall–Kier alpha value is -1.76. The number of amides is 1. The third kappa shape index (κ3) is 4.00. The van der Waals surface area contributed by atoms with Crippen LogP contribution in [0.15, 0.2) is 23.7 Å². The molecule has 2 aromatic rings. The number of aryl methyl sites for hydroxylation is 1. The lowest BCUT2D eigenvalue weighted by Crippen LogP contribution is -2.35. The highest BCUT2D eigenvalue weighted by atomic mass is 32.1. The van der Waals surface area contributed by atoms with Gasteiger partial charge in [0.25, 0.3) is 5.91 Å². The monoisotopic (exact) mass is 398 g/mol. The van der Waals surface area contributed by atoms with Crippen molar-refractivity contribution in [3.05, 3.63) is 51.0 Å². The number of fused-ring (bicyclic) bond motifs is 1. The Kier molecular flexibility index (Phi) is 5.80. The number of hydrogen-bond acceptors (Lipinski definition) is 5. The van der Waals surface area contributed by atoms with Gasteiger partial charge in [-0.2, -0.15) is 0 Å². The first-order valence-corrected chi connectivity index (χ1v) is 11.1. The molecule has 0 radical (unpaired) electrons. The standard InChI is InChI=1S/C22H30N4OS/c1-4-16-5-6-17(23-11-16)12-25-9-8-19-20(15-28-21(19)14-25)22(27)26-10-7-18(13-26)24(2)3/h5-6,11,15,18H,4,7-10,12-14H2,1-3H3/t18-/m1/s1. The van der Waals surface area contributed by atoms with E-state index in [1.807, 2.05) is 11.1 Å². The third-order valence-corrected chi connectivity index (χ3v) is 7.13. The van der Waals surface area contributed by atoms with Crippen LogP contribution in [0.3, 0.4) is 0 Å². The lowest BCUT2D eigenvalue weighted by Gasteiger charge is -2.27. The first-order valence-electron chi connectivity index (χ1n) is 10.3. The van der Waals surface area contributed by atoms with Gasteiger partial charge in [-0.15, -0.1) is 11.3 Å². The van der Waals surface area contributed by atoms with Crippen LogP contribution in [0.25, 0.3) is 0 Å². The second-order valence-corrected chi connectivity index (χ2v) is 9.14. The van der Waals surface area contributed by atoms with E-state index in [0.29, 0.717) is 6.04 Å². The first kappa shape index (κ1) is 19.6. The summed E-state index contributed by atoms with van der Waals surface area (Å²) >= 11 is 1.75. The van der Waals surface area contributed by atoms with Crippen LogP contribution in [-0.2, 0) is 25.9 Å². The van der Waals surface area contributed by atoms with Crippen LogP contribution in [-0.4, -0.2) is 65.4 Å². The van der Waals surface area contributed by atoms with Crippen molar-refractivity contribution in [3.63, 3.8) is 0 Å². The summed E-state index contributed by atoms with van der Waals surface area (Å²) in [6.45, 7) is 6.66. The molecule has 28 heavy (non-hydrogen) atoms. The number of pyridine rings is 1. The molecule has 0 aliphatic carbocycles. The molecular weight excluding hydrogens is 368 g/mol. The number of nitrogens with zero attached hydrogens (tertiary/aromatic N) is 4. The molecule has 4 rings (SSSR count). The molecule has 0 aromatic carbocycles. The minimum absolute atomic E-state index is 0.229. The maximum Gasteiger partial charge on any atom is 0.255 e. The van der Waals surface area contributed by atoms with E-state index in [4.69, 9.17) is 0 Å². The molecule has 2 aliphatic rings. The maximum absolute atomic E-state index is 13.1. The van der Waals surface area contributed by atoms with Gasteiger partial charge in [-0.25, -0.2) is 0 Å². The molecule has 150 valence electrons. The van der Waals surface area contributed by atoms with Crippen molar-refractivity contribution in [2.24, 2.45) is 0 Å². The van der Waals surface area contributed by atoms with E-state index >= 15 is 0 Å². The summed E-state index contributed by atoms with van der Waals surface area (Å²) in [4.78, 5) is 25.7. The number of likely N-dealkylation sites (N-methyl/N-ethyl adjacent to an activating group) is 1. The van der Waals surface area contributed by atoms with Crippen molar-refractivity contribution in [1.29, 1.82) is 0 Å². The largest absolute Gasteiger partial charge is 0.337 e. The second-order valence-electron chi connectivity index (χ2n) is 8.18. The van der Waals surface area contributed by atoms with E-state index < -0.39 is 0 Å². The number of likely N-dealkylation sites (tertiary alicyclic amines) is 1. The predicted octanol–water partition coefficient (Wildman–Crippen LogP) is 3.04. The summed E-state index contributed by atoms with van der Waals surface area (Å²) in [5, 5.41) is 2.09. The number of aromatic nitrogens is 1. The Balaban J connectivity index is 1.41. The second kappa shape index (κ2) is 8.31. The van der Waals surface area contributed by atoms with E-state index in [1.54, 1.807) is 11.3 Å². The van der Waals surface area contributed by atoms with Gasteiger partial charge in [0.1, 0.15) is 0 Å². The number of thiophene rings is 1. The van der Waals surface area contributed by atoms with Crippen molar-refractivity contribution in [2.75, 3.05) is 33.7 Å². The van der Waals surface area contributed by atoms with Crippen LogP contribution < -0.4 is 0 Å².